The fourth-order valence-electron chi connectivity index (χ4n) is 3.54. The van der Waals surface area contributed by atoms with Gasteiger partial charge in [-0.15, -0.1) is 13.2 Å². The normalized spacial score (nSPS) is 14.4. The van der Waals surface area contributed by atoms with E-state index in [-0.39, 0.29) is 0 Å². The van der Waals surface area contributed by atoms with Crippen molar-refractivity contribution >= 4 is 0 Å². The van der Waals surface area contributed by atoms with E-state index in [4.69, 9.17) is 4.42 Å². The number of benzene rings is 1. The molecule has 0 atom stereocenters. The van der Waals surface area contributed by atoms with E-state index in [0.717, 1.165) is 31.7 Å². The molecule has 0 aliphatic heterocycles. The van der Waals surface area contributed by atoms with Crippen molar-refractivity contribution in [2.75, 3.05) is 0 Å². The summed E-state index contributed by atoms with van der Waals surface area (Å²) in [6, 6.07) is 15.2. The van der Waals surface area contributed by atoms with E-state index < -0.39 is 5.60 Å². The van der Waals surface area contributed by atoms with Crippen molar-refractivity contribution in [2.24, 2.45) is 0 Å². The summed E-state index contributed by atoms with van der Waals surface area (Å²) >= 11 is 0. The van der Waals surface area contributed by atoms with Crippen LogP contribution in [0.4, 0.5) is 0 Å². The first-order valence-corrected chi connectivity index (χ1v) is 9.96. The number of furan rings is 1. The first kappa shape index (κ1) is 19.7. The molecule has 1 aliphatic carbocycles. The van der Waals surface area contributed by atoms with Crippen LogP contribution >= 0.6 is 0 Å². The van der Waals surface area contributed by atoms with Crippen molar-refractivity contribution in [1.82, 2.24) is 4.90 Å². The number of hydrogen-bond donors (Lipinski definition) is 1. The Kier molecular flexibility index (Phi) is 6.70. The molecule has 0 unspecified atom stereocenters. The average Bonchev–Trinajstić information content (AvgIpc) is 3.43. The number of allylic oxidation sites excluding steroid dienone is 2. The number of hydrogen-bond acceptors (Lipinski definition) is 3. The molecule has 3 nitrogen and oxygen atoms in total. The average molecular weight is 366 g/mol. The van der Waals surface area contributed by atoms with Gasteiger partial charge in [-0.2, -0.15) is 0 Å². The first-order chi connectivity index (χ1) is 13.1. The van der Waals surface area contributed by atoms with Crippen molar-refractivity contribution in [3.8, 4) is 0 Å². The minimum absolute atomic E-state index is 0.619. The summed E-state index contributed by atoms with van der Waals surface area (Å²) in [6.07, 6.45) is 8.94. The van der Waals surface area contributed by atoms with E-state index in [1.807, 2.05) is 24.3 Å². The van der Waals surface area contributed by atoms with E-state index >= 15 is 0 Å². The molecule has 1 aromatic heterocycles. The third-order valence-corrected chi connectivity index (χ3v) is 5.30. The molecule has 3 heteroatoms. The fourth-order valence-corrected chi connectivity index (χ4v) is 3.54. The molecule has 1 N–H and O–H groups in total. The molecule has 0 bridgehead atoms. The second kappa shape index (κ2) is 9.20. The minimum atomic E-state index is -0.954. The zero-order valence-electron chi connectivity index (χ0n) is 16.1. The van der Waals surface area contributed by atoms with Crippen LogP contribution in [-0.4, -0.2) is 16.0 Å². The summed E-state index contributed by atoms with van der Waals surface area (Å²) in [6.45, 7) is 9.27. The van der Waals surface area contributed by atoms with Gasteiger partial charge in [-0.05, 0) is 56.2 Å². The molecule has 0 saturated heterocycles. The molecule has 144 valence electrons. The Morgan fingerprint density at radius 3 is 2.26 bits per heavy atom. The zero-order chi connectivity index (χ0) is 19.1. The highest BCUT2D eigenvalue weighted by Gasteiger charge is 2.33. The molecule has 1 aliphatic rings. The Balaban J connectivity index is 1.70. The van der Waals surface area contributed by atoms with Crippen LogP contribution in [-0.2, 0) is 18.7 Å². The smallest absolute Gasteiger partial charge is 0.135 e. The molecule has 2 aromatic rings. The highest BCUT2D eigenvalue weighted by molar-refractivity contribution is 5.17. The van der Waals surface area contributed by atoms with Gasteiger partial charge in [0.25, 0.3) is 0 Å². The minimum Gasteiger partial charge on any atom is -0.462 e. The van der Waals surface area contributed by atoms with Crippen LogP contribution in [0.5, 0.6) is 0 Å². The van der Waals surface area contributed by atoms with Gasteiger partial charge >= 0.3 is 0 Å². The molecule has 27 heavy (non-hydrogen) atoms. The standard InChI is InChI=1S/C24H31NO2/c1-3-5-16-24(26,17-6-4-2)23-15-14-22(27-23)19-25(21-12-13-21)18-20-10-8-7-9-11-20/h3-4,7-11,14-15,21,26H,1-2,5-6,12-13,16-19H2. The summed E-state index contributed by atoms with van der Waals surface area (Å²) in [5.74, 6) is 1.58. The predicted molar refractivity (Wildman–Crippen MR) is 110 cm³/mol. The maximum Gasteiger partial charge on any atom is 0.135 e. The van der Waals surface area contributed by atoms with Gasteiger partial charge in [-0.1, -0.05) is 42.5 Å². The van der Waals surface area contributed by atoms with Crippen LogP contribution in [0.3, 0.4) is 0 Å². The first-order valence-electron chi connectivity index (χ1n) is 9.96. The molecule has 1 fully saturated rings. The van der Waals surface area contributed by atoms with Gasteiger partial charge in [0.05, 0.1) is 6.54 Å². The molecule has 0 amide bonds. The summed E-state index contributed by atoms with van der Waals surface area (Å²) in [5.41, 5.74) is 0.370. The number of nitrogens with zero attached hydrogens (tertiary/aromatic N) is 1. The topological polar surface area (TPSA) is 36.6 Å². The molecular weight excluding hydrogens is 334 g/mol. The molecule has 3 rings (SSSR count). The summed E-state index contributed by atoms with van der Waals surface area (Å²) in [4.78, 5) is 2.48. The van der Waals surface area contributed by atoms with Gasteiger partial charge in [-0.3, -0.25) is 4.90 Å². The molecule has 1 aromatic carbocycles. The number of rotatable bonds is 12. The lowest BCUT2D eigenvalue weighted by atomic mass is 9.89. The lowest BCUT2D eigenvalue weighted by Gasteiger charge is -2.25. The van der Waals surface area contributed by atoms with E-state index in [1.54, 1.807) is 0 Å². The predicted octanol–water partition coefficient (Wildman–Crippen LogP) is 5.56. The van der Waals surface area contributed by atoms with Gasteiger partial charge < -0.3 is 9.52 Å². The Morgan fingerprint density at radius 1 is 1.00 bits per heavy atom. The Morgan fingerprint density at radius 2 is 1.67 bits per heavy atom. The molecular formula is C24H31NO2. The quantitative estimate of drug-likeness (QED) is 0.500. The van der Waals surface area contributed by atoms with E-state index in [0.29, 0.717) is 24.6 Å². The third kappa shape index (κ3) is 5.44. The third-order valence-electron chi connectivity index (χ3n) is 5.30. The van der Waals surface area contributed by atoms with Crippen LogP contribution in [0, 0.1) is 0 Å². The van der Waals surface area contributed by atoms with E-state index in [2.05, 4.69) is 48.4 Å². The molecule has 0 radical (unpaired) electrons. The van der Waals surface area contributed by atoms with Gasteiger partial charge in [0, 0.05) is 12.6 Å². The van der Waals surface area contributed by atoms with Crippen LogP contribution in [0.1, 0.15) is 55.6 Å². The number of aliphatic hydroxyl groups is 1. The zero-order valence-corrected chi connectivity index (χ0v) is 16.1. The monoisotopic (exact) mass is 365 g/mol. The summed E-state index contributed by atoms with van der Waals surface area (Å²) in [7, 11) is 0. The highest BCUT2D eigenvalue weighted by Crippen LogP contribution is 2.35. The van der Waals surface area contributed by atoms with Gasteiger partial charge in [0.1, 0.15) is 17.1 Å². The van der Waals surface area contributed by atoms with E-state index in [9.17, 15) is 5.11 Å². The Hall–Kier alpha value is -2.10. The largest absolute Gasteiger partial charge is 0.462 e. The Labute approximate surface area is 163 Å². The maximum atomic E-state index is 11.1. The maximum absolute atomic E-state index is 11.1. The summed E-state index contributed by atoms with van der Waals surface area (Å²) < 4.78 is 6.13. The van der Waals surface area contributed by atoms with Crippen LogP contribution in [0.15, 0.2) is 72.2 Å². The van der Waals surface area contributed by atoms with Gasteiger partial charge in [0.15, 0.2) is 0 Å². The van der Waals surface area contributed by atoms with Gasteiger partial charge in [0.2, 0.25) is 0 Å². The van der Waals surface area contributed by atoms with Crippen molar-refractivity contribution in [3.05, 3.63) is 84.9 Å². The summed E-state index contributed by atoms with van der Waals surface area (Å²) in [5, 5.41) is 11.1. The van der Waals surface area contributed by atoms with Crippen molar-refractivity contribution < 1.29 is 9.52 Å². The van der Waals surface area contributed by atoms with Crippen molar-refractivity contribution in [2.45, 2.75) is 63.3 Å². The van der Waals surface area contributed by atoms with Crippen LogP contribution in [0.2, 0.25) is 0 Å². The molecule has 1 heterocycles. The van der Waals surface area contributed by atoms with E-state index in [1.165, 1.54) is 18.4 Å². The second-order valence-electron chi connectivity index (χ2n) is 7.57. The molecule has 0 spiro atoms. The van der Waals surface area contributed by atoms with Crippen LogP contribution in [0.25, 0.3) is 0 Å². The SMILES string of the molecule is C=CCCC(O)(CCC=C)c1ccc(CN(Cc2ccccc2)C2CC2)o1. The molecule has 1 saturated carbocycles. The van der Waals surface area contributed by atoms with Crippen molar-refractivity contribution in [1.29, 1.82) is 0 Å². The highest BCUT2D eigenvalue weighted by atomic mass is 16.4. The fraction of sp³-hybridized carbons (Fsp3) is 0.417. The lowest BCUT2D eigenvalue weighted by molar-refractivity contribution is -0.00219. The van der Waals surface area contributed by atoms with Gasteiger partial charge in [-0.25, -0.2) is 0 Å². The lowest BCUT2D eigenvalue weighted by Crippen LogP contribution is -2.26. The van der Waals surface area contributed by atoms with Crippen molar-refractivity contribution in [3.63, 3.8) is 0 Å². The van der Waals surface area contributed by atoms with Crippen LogP contribution < -0.4 is 0 Å². The second-order valence-corrected chi connectivity index (χ2v) is 7.57. The Bertz CT molecular complexity index is 718.